The first-order valence-corrected chi connectivity index (χ1v) is 6.37. The van der Waals surface area contributed by atoms with E-state index in [9.17, 15) is 9.70 Å². The fourth-order valence-corrected chi connectivity index (χ4v) is 1.82. The first-order chi connectivity index (χ1) is 11.3. The lowest BCUT2D eigenvalue weighted by Crippen LogP contribution is -2.49. The average Bonchev–Trinajstić information content (AvgIpc) is 2.62. The molecule has 0 aliphatic heterocycles. The second-order valence-corrected chi connectivity index (χ2v) is 4.06. The Balaban J connectivity index is 2.48. The Morgan fingerprint density at radius 1 is 0.957 bits per heavy atom. The van der Waals surface area contributed by atoms with Crippen molar-refractivity contribution < 1.29 is 4.79 Å². The van der Waals surface area contributed by atoms with Crippen molar-refractivity contribution >= 4 is 17.4 Å². The molecular formula is C13H12N8O2. The summed E-state index contributed by atoms with van der Waals surface area (Å²) in [6.45, 7) is 0. The van der Waals surface area contributed by atoms with Gasteiger partial charge >= 0.3 is 6.03 Å². The minimum Gasteiger partial charge on any atom is -0.240 e. The second kappa shape index (κ2) is 7.93. The standard InChI is InChI=1S/C13H12N8O2/c14-15-13(22)21(18-16-17-19-23)20(11-7-3-1-4-8-11)12-9-5-2-6-10-12/h1-10,14H,(H,17,18,23). The van der Waals surface area contributed by atoms with Gasteiger partial charge in [-0.1, -0.05) is 41.5 Å². The Hall–Kier alpha value is -3.69. The predicted molar refractivity (Wildman–Crippen MR) is 81.2 cm³/mol. The highest BCUT2D eigenvalue weighted by atomic mass is 16.3. The Morgan fingerprint density at radius 3 is 1.91 bits per heavy atom. The minimum atomic E-state index is -0.970. The van der Waals surface area contributed by atoms with Crippen molar-refractivity contribution in [2.45, 2.75) is 0 Å². The van der Waals surface area contributed by atoms with Gasteiger partial charge in [0.25, 0.3) is 0 Å². The van der Waals surface area contributed by atoms with Crippen LogP contribution in [0.4, 0.5) is 16.2 Å². The molecule has 116 valence electrons. The van der Waals surface area contributed by atoms with Crippen LogP contribution in [0, 0.1) is 10.4 Å². The second-order valence-electron chi connectivity index (χ2n) is 4.06. The van der Waals surface area contributed by atoms with Gasteiger partial charge in [0.05, 0.1) is 11.4 Å². The molecule has 0 saturated heterocycles. The van der Waals surface area contributed by atoms with Crippen molar-refractivity contribution in [2.75, 3.05) is 5.01 Å². The zero-order chi connectivity index (χ0) is 16.5. The Bertz CT molecular complexity index is 652. The Morgan fingerprint density at radius 2 is 1.48 bits per heavy atom. The van der Waals surface area contributed by atoms with E-state index < -0.39 is 6.03 Å². The molecule has 0 aromatic heterocycles. The number of para-hydroxylation sites is 2. The molecule has 2 N–H and O–H groups in total. The lowest BCUT2D eigenvalue weighted by Gasteiger charge is -2.32. The maximum Gasteiger partial charge on any atom is 0.401 e. The smallest absolute Gasteiger partial charge is 0.240 e. The molecule has 10 nitrogen and oxygen atoms in total. The van der Waals surface area contributed by atoms with E-state index in [0.29, 0.717) is 11.4 Å². The molecule has 2 amide bonds. The number of rotatable bonds is 6. The summed E-state index contributed by atoms with van der Waals surface area (Å²) in [5.41, 5.74) is 10.4. The third kappa shape index (κ3) is 3.91. The van der Waals surface area contributed by atoms with Crippen LogP contribution in [0.5, 0.6) is 0 Å². The molecule has 23 heavy (non-hydrogen) atoms. The number of hydrazine groups is 2. The van der Waals surface area contributed by atoms with E-state index >= 15 is 0 Å². The van der Waals surface area contributed by atoms with Crippen molar-refractivity contribution in [2.24, 2.45) is 20.8 Å². The topological polar surface area (TPSA) is 126 Å². The van der Waals surface area contributed by atoms with E-state index in [4.69, 9.17) is 5.53 Å². The van der Waals surface area contributed by atoms with Crippen LogP contribution in [0.15, 0.2) is 81.5 Å². The third-order valence-electron chi connectivity index (χ3n) is 2.70. The lowest BCUT2D eigenvalue weighted by molar-refractivity contribution is 0.176. The van der Waals surface area contributed by atoms with Crippen LogP contribution in [0.25, 0.3) is 0 Å². The molecule has 2 aromatic rings. The van der Waals surface area contributed by atoms with Gasteiger partial charge in [-0.15, -0.1) is 10.0 Å². The zero-order valence-corrected chi connectivity index (χ0v) is 11.8. The van der Waals surface area contributed by atoms with Crippen LogP contribution in [-0.4, -0.2) is 11.1 Å². The van der Waals surface area contributed by atoms with Crippen LogP contribution in [0.3, 0.4) is 0 Å². The largest absolute Gasteiger partial charge is 0.401 e. The number of nitroso groups, excluding NO2 is 1. The van der Waals surface area contributed by atoms with Gasteiger partial charge in [0, 0.05) is 5.22 Å². The molecule has 2 rings (SSSR count). The van der Waals surface area contributed by atoms with Gasteiger partial charge < -0.3 is 0 Å². The molecule has 0 unspecified atom stereocenters. The van der Waals surface area contributed by atoms with E-state index in [1.54, 1.807) is 48.5 Å². The Kier molecular flexibility index (Phi) is 5.41. The predicted octanol–water partition coefficient (Wildman–Crippen LogP) is 3.75. The van der Waals surface area contributed by atoms with Gasteiger partial charge in [-0.05, 0) is 29.5 Å². The van der Waals surface area contributed by atoms with Crippen LogP contribution < -0.4 is 10.5 Å². The number of urea groups is 1. The summed E-state index contributed by atoms with van der Waals surface area (Å²) in [4.78, 5) is 22.0. The molecule has 0 fully saturated rings. The summed E-state index contributed by atoms with van der Waals surface area (Å²) in [5, 5.41) is 13.4. The van der Waals surface area contributed by atoms with Gasteiger partial charge in [0.15, 0.2) is 0 Å². The number of carbonyl (C=O) groups is 1. The molecular weight excluding hydrogens is 300 g/mol. The first kappa shape index (κ1) is 15.7. The van der Waals surface area contributed by atoms with E-state index in [0.717, 1.165) is 5.12 Å². The number of nitrogens with one attached hydrogen (secondary N) is 2. The highest BCUT2D eigenvalue weighted by Gasteiger charge is 2.23. The molecule has 0 aliphatic carbocycles. The summed E-state index contributed by atoms with van der Waals surface area (Å²) < 4.78 is 0. The molecule has 0 saturated carbocycles. The summed E-state index contributed by atoms with van der Waals surface area (Å²) in [6, 6.07) is 16.8. The monoisotopic (exact) mass is 312 g/mol. The average molecular weight is 312 g/mol. The van der Waals surface area contributed by atoms with Gasteiger partial charge in [-0.2, -0.15) is 11.1 Å². The molecule has 0 radical (unpaired) electrons. The quantitative estimate of drug-likeness (QED) is 0.478. The molecule has 0 aliphatic rings. The van der Waals surface area contributed by atoms with Crippen LogP contribution in [0.2, 0.25) is 0 Å². The maximum atomic E-state index is 12.0. The highest BCUT2D eigenvalue weighted by molar-refractivity contribution is 5.78. The summed E-state index contributed by atoms with van der Waals surface area (Å²) in [5.74, 6) is 0. The highest BCUT2D eigenvalue weighted by Crippen LogP contribution is 2.26. The Labute approximate surface area is 130 Å². The van der Waals surface area contributed by atoms with Gasteiger partial charge in [0.2, 0.25) is 0 Å². The van der Waals surface area contributed by atoms with Gasteiger partial charge in [-0.3, -0.25) is 0 Å². The van der Waals surface area contributed by atoms with Crippen molar-refractivity contribution in [3.63, 3.8) is 0 Å². The van der Waals surface area contributed by atoms with Crippen LogP contribution in [-0.2, 0) is 0 Å². The number of amides is 2. The van der Waals surface area contributed by atoms with Crippen molar-refractivity contribution in [1.29, 1.82) is 5.53 Å². The summed E-state index contributed by atoms with van der Waals surface area (Å²) in [6.07, 6.45) is 0. The molecule has 0 atom stereocenters. The normalized spacial score (nSPS) is 10.1. The number of carbonyl (C=O) groups excluding carboxylic acids is 1. The number of anilines is 2. The first-order valence-electron chi connectivity index (χ1n) is 6.37. The van der Waals surface area contributed by atoms with Crippen molar-refractivity contribution in [3.8, 4) is 0 Å². The van der Waals surface area contributed by atoms with E-state index in [1.165, 1.54) is 5.01 Å². The van der Waals surface area contributed by atoms with E-state index in [-0.39, 0.29) is 0 Å². The number of benzene rings is 2. The van der Waals surface area contributed by atoms with Gasteiger partial charge in [0.1, 0.15) is 5.29 Å². The maximum absolute atomic E-state index is 12.0. The fraction of sp³-hybridized carbons (Fsp3) is 0. The van der Waals surface area contributed by atoms with Crippen molar-refractivity contribution in [3.05, 3.63) is 65.6 Å². The van der Waals surface area contributed by atoms with Gasteiger partial charge in [-0.25, -0.2) is 9.80 Å². The van der Waals surface area contributed by atoms with E-state index in [2.05, 4.69) is 26.4 Å². The number of hydrogen-bond acceptors (Lipinski definition) is 5. The molecule has 2 aromatic carbocycles. The number of nitrogens with zero attached hydrogens (tertiary/aromatic N) is 6. The molecule has 0 heterocycles. The summed E-state index contributed by atoms with van der Waals surface area (Å²) >= 11 is 0. The van der Waals surface area contributed by atoms with Crippen LogP contribution in [0.1, 0.15) is 0 Å². The SMILES string of the molecule is N=NC(=O)N(NN=NN=O)N(c1ccccc1)c1ccccc1. The molecule has 10 heteroatoms. The van der Waals surface area contributed by atoms with Crippen LogP contribution >= 0.6 is 0 Å². The zero-order valence-electron chi connectivity index (χ0n) is 11.8. The van der Waals surface area contributed by atoms with Crippen molar-refractivity contribution in [1.82, 2.24) is 10.7 Å². The fourth-order valence-electron chi connectivity index (χ4n) is 1.82. The molecule has 0 spiro atoms. The third-order valence-corrected chi connectivity index (χ3v) is 2.70. The molecule has 0 bridgehead atoms. The lowest BCUT2D eigenvalue weighted by atomic mass is 10.2. The number of hydrogen-bond donors (Lipinski definition) is 2. The van der Waals surface area contributed by atoms with E-state index in [1.807, 2.05) is 12.1 Å². The minimum absolute atomic E-state index is 0.595. The summed E-state index contributed by atoms with van der Waals surface area (Å²) in [7, 11) is 0.